The molecule has 1 aliphatic carbocycles. The van der Waals surface area contributed by atoms with Crippen molar-refractivity contribution < 1.29 is 0 Å². The van der Waals surface area contributed by atoms with Gasteiger partial charge < -0.3 is 9.13 Å². The van der Waals surface area contributed by atoms with Crippen molar-refractivity contribution in [3.05, 3.63) is 156 Å². The highest BCUT2D eigenvalue weighted by molar-refractivity contribution is 6.18. The Morgan fingerprint density at radius 3 is 1.85 bits per heavy atom. The molecule has 0 spiro atoms. The van der Waals surface area contributed by atoms with Crippen molar-refractivity contribution in [2.75, 3.05) is 0 Å². The molecule has 3 aromatic heterocycles. The molecule has 0 radical (unpaired) electrons. The van der Waals surface area contributed by atoms with Crippen LogP contribution < -0.4 is 10.6 Å². The summed E-state index contributed by atoms with van der Waals surface area (Å²) in [5.74, 6) is 0. The van der Waals surface area contributed by atoms with Crippen molar-refractivity contribution in [1.82, 2.24) is 19.1 Å². The zero-order chi connectivity index (χ0) is 31.6. The van der Waals surface area contributed by atoms with Crippen LogP contribution in [0.4, 0.5) is 0 Å². The maximum Gasteiger partial charge on any atom is 0.113 e. The Balaban J connectivity index is 1.39. The van der Waals surface area contributed by atoms with Crippen molar-refractivity contribution in [3.63, 3.8) is 0 Å². The van der Waals surface area contributed by atoms with Gasteiger partial charge in [0, 0.05) is 43.5 Å². The third-order valence-electron chi connectivity index (χ3n) is 9.72. The third kappa shape index (κ3) is 3.96. The summed E-state index contributed by atoms with van der Waals surface area (Å²) in [4.78, 5) is 10.9. The second-order valence-electron chi connectivity index (χ2n) is 12.5. The molecular weight excluding hydrogens is 585 g/mol. The summed E-state index contributed by atoms with van der Waals surface area (Å²) < 4.78 is 4.91. The smallest absolute Gasteiger partial charge is 0.113 e. The quantitative estimate of drug-likeness (QED) is 0.198. The Morgan fingerprint density at radius 2 is 1.08 bits per heavy atom. The lowest BCUT2D eigenvalue weighted by Crippen LogP contribution is -2.30. The van der Waals surface area contributed by atoms with Gasteiger partial charge in [0.05, 0.1) is 39.1 Å². The van der Waals surface area contributed by atoms with Gasteiger partial charge in [-0.1, -0.05) is 127 Å². The maximum atomic E-state index is 5.52. The minimum absolute atomic E-state index is 0.872. The molecule has 9 aromatic rings. The van der Waals surface area contributed by atoms with Crippen LogP contribution in [0.25, 0.3) is 89.8 Å². The number of hydrogen-bond acceptors (Lipinski definition) is 2. The minimum Gasteiger partial charge on any atom is -0.307 e. The largest absolute Gasteiger partial charge is 0.307 e. The Kier molecular flexibility index (Phi) is 5.97. The number of rotatable bonds is 4. The zero-order valence-electron chi connectivity index (χ0n) is 26.2. The molecule has 6 aromatic carbocycles. The van der Waals surface area contributed by atoms with Gasteiger partial charge in [0.2, 0.25) is 0 Å². The fourth-order valence-electron chi connectivity index (χ4n) is 7.66. The summed E-state index contributed by atoms with van der Waals surface area (Å²) in [5, 5.41) is 6.24. The first-order chi connectivity index (χ1) is 23.8. The van der Waals surface area contributed by atoms with Gasteiger partial charge in [-0.25, -0.2) is 9.97 Å². The van der Waals surface area contributed by atoms with Crippen LogP contribution in [0, 0.1) is 0 Å². The Labute approximate surface area is 277 Å². The highest BCUT2D eigenvalue weighted by atomic mass is 15.1. The van der Waals surface area contributed by atoms with E-state index in [0.717, 1.165) is 57.8 Å². The number of para-hydroxylation sites is 3. The summed E-state index contributed by atoms with van der Waals surface area (Å²) >= 11 is 0. The van der Waals surface area contributed by atoms with E-state index in [1.807, 2.05) is 12.1 Å². The lowest BCUT2D eigenvalue weighted by atomic mass is 10.0. The standard InChI is InChI=1S/C44H30N4/c1-4-15-29(16-5-1)40-41(30-17-6-2-7-18-30)46-42-36(45-40)23-14-26-39(42)48-38-25-13-11-22-33(38)35-28-27-34-32-21-10-12-24-37(32)47(43(34)44(35)48)31-19-8-3-9-20-31/h1-10,12,14-28H,11,13H2. The molecule has 0 atom stereocenters. The molecule has 0 aliphatic heterocycles. The predicted octanol–water partition coefficient (Wildman–Crippen LogP) is 9.36. The number of fused-ring (bicyclic) bond motifs is 8. The second-order valence-corrected chi connectivity index (χ2v) is 12.5. The van der Waals surface area contributed by atoms with Crippen LogP contribution in [0.15, 0.2) is 146 Å². The van der Waals surface area contributed by atoms with Crippen LogP contribution in [-0.4, -0.2) is 19.1 Å². The molecule has 0 saturated carbocycles. The summed E-state index contributed by atoms with van der Waals surface area (Å²) in [7, 11) is 0. The van der Waals surface area contributed by atoms with E-state index in [1.165, 1.54) is 43.3 Å². The first-order valence-electron chi connectivity index (χ1n) is 16.6. The Hall–Kier alpha value is -6.26. The highest BCUT2D eigenvalue weighted by Gasteiger charge is 2.23. The van der Waals surface area contributed by atoms with Gasteiger partial charge in [0.25, 0.3) is 0 Å². The molecule has 0 saturated heterocycles. The average Bonchev–Trinajstić information content (AvgIpc) is 3.68. The number of hydrogen-bond donors (Lipinski definition) is 0. The zero-order valence-corrected chi connectivity index (χ0v) is 26.2. The van der Waals surface area contributed by atoms with E-state index >= 15 is 0 Å². The monoisotopic (exact) mass is 614 g/mol. The van der Waals surface area contributed by atoms with E-state index in [-0.39, 0.29) is 0 Å². The van der Waals surface area contributed by atoms with Crippen LogP contribution in [0.2, 0.25) is 0 Å². The summed E-state index contributed by atoms with van der Waals surface area (Å²) in [6.45, 7) is 0. The number of benzene rings is 6. The van der Waals surface area contributed by atoms with Crippen molar-refractivity contribution >= 4 is 55.9 Å². The molecular formula is C44H30N4. The van der Waals surface area contributed by atoms with Gasteiger partial charge in [0.15, 0.2) is 0 Å². The summed E-state index contributed by atoms with van der Waals surface area (Å²) in [6, 6.07) is 51.4. The fourth-order valence-corrected chi connectivity index (χ4v) is 7.66. The normalized spacial score (nSPS) is 12.8. The summed E-state index contributed by atoms with van der Waals surface area (Å²) in [6.07, 6.45) is 6.84. The molecule has 4 heteroatoms. The lowest BCUT2D eigenvalue weighted by molar-refractivity contribution is 1.02. The van der Waals surface area contributed by atoms with Gasteiger partial charge in [-0.05, 0) is 43.2 Å². The molecule has 0 bridgehead atoms. The molecule has 1 aliphatic rings. The van der Waals surface area contributed by atoms with Gasteiger partial charge in [-0.15, -0.1) is 0 Å². The van der Waals surface area contributed by atoms with E-state index in [4.69, 9.17) is 9.97 Å². The SMILES string of the molecule is C1=c2c(n(-c3cccc4nc(-c5ccccc5)c(-c5ccccc5)nc34)c3c2ccc2c4ccccc4n(-c4ccccc4)c23)=CCC1. The molecule has 226 valence electrons. The molecule has 0 fully saturated rings. The van der Waals surface area contributed by atoms with Crippen molar-refractivity contribution in [1.29, 1.82) is 0 Å². The van der Waals surface area contributed by atoms with Crippen LogP contribution in [0.5, 0.6) is 0 Å². The molecule has 0 N–H and O–H groups in total. The molecule has 10 rings (SSSR count). The summed E-state index contributed by atoms with van der Waals surface area (Å²) in [5.41, 5.74) is 11.4. The molecule has 4 nitrogen and oxygen atoms in total. The first-order valence-corrected chi connectivity index (χ1v) is 16.6. The minimum atomic E-state index is 0.872. The number of aromatic nitrogens is 4. The van der Waals surface area contributed by atoms with Crippen LogP contribution in [0.3, 0.4) is 0 Å². The predicted molar refractivity (Wildman–Crippen MR) is 199 cm³/mol. The van der Waals surface area contributed by atoms with E-state index in [0.29, 0.717) is 0 Å². The molecule has 0 unspecified atom stereocenters. The van der Waals surface area contributed by atoms with Gasteiger partial charge in [0.1, 0.15) is 5.52 Å². The first kappa shape index (κ1) is 26.9. The van der Waals surface area contributed by atoms with E-state index in [2.05, 4.69) is 155 Å². The van der Waals surface area contributed by atoms with Gasteiger partial charge in [-0.2, -0.15) is 0 Å². The van der Waals surface area contributed by atoms with Gasteiger partial charge >= 0.3 is 0 Å². The number of nitrogens with zero attached hydrogens (tertiary/aromatic N) is 4. The average molecular weight is 615 g/mol. The second kappa shape index (κ2) is 10.6. The van der Waals surface area contributed by atoms with Crippen molar-refractivity contribution in [2.45, 2.75) is 12.8 Å². The lowest BCUT2D eigenvalue weighted by Gasteiger charge is -2.16. The molecule has 3 heterocycles. The molecule has 48 heavy (non-hydrogen) atoms. The maximum absolute atomic E-state index is 5.52. The van der Waals surface area contributed by atoms with E-state index in [1.54, 1.807) is 0 Å². The Morgan fingerprint density at radius 1 is 0.458 bits per heavy atom. The van der Waals surface area contributed by atoms with Crippen LogP contribution >= 0.6 is 0 Å². The van der Waals surface area contributed by atoms with Crippen LogP contribution in [0.1, 0.15) is 12.8 Å². The van der Waals surface area contributed by atoms with E-state index < -0.39 is 0 Å². The Bertz CT molecular complexity index is 2810. The topological polar surface area (TPSA) is 35.6 Å². The molecule has 0 amide bonds. The van der Waals surface area contributed by atoms with Gasteiger partial charge in [-0.3, -0.25) is 0 Å². The fraction of sp³-hybridized carbons (Fsp3) is 0.0455. The van der Waals surface area contributed by atoms with Crippen molar-refractivity contribution in [2.24, 2.45) is 0 Å². The van der Waals surface area contributed by atoms with Crippen LogP contribution in [-0.2, 0) is 0 Å². The highest BCUT2D eigenvalue weighted by Crippen LogP contribution is 2.38. The van der Waals surface area contributed by atoms with E-state index in [9.17, 15) is 0 Å². The van der Waals surface area contributed by atoms with Crippen molar-refractivity contribution in [3.8, 4) is 33.9 Å². The third-order valence-corrected chi connectivity index (χ3v) is 9.72.